The molecule has 1 rings (SSSR count). The van der Waals surface area contributed by atoms with Gasteiger partial charge in [-0.05, 0) is 12.5 Å². The van der Waals surface area contributed by atoms with E-state index in [1.54, 1.807) is 6.20 Å². The first-order valence-electron chi connectivity index (χ1n) is 5.13. The van der Waals surface area contributed by atoms with E-state index in [2.05, 4.69) is 10.2 Å². The summed E-state index contributed by atoms with van der Waals surface area (Å²) < 4.78 is 0. The van der Waals surface area contributed by atoms with Crippen molar-refractivity contribution in [3.05, 3.63) is 17.5 Å². The summed E-state index contributed by atoms with van der Waals surface area (Å²) in [4.78, 5) is 10.8. The molecule has 1 aromatic rings. The smallest absolute Gasteiger partial charge is 0.335 e. The summed E-state index contributed by atoms with van der Waals surface area (Å²) in [5, 5.41) is 25.3. The number of carboxylic acids is 1. The normalized spacial score (nSPS) is 15.8. The zero-order valence-electron chi connectivity index (χ0n) is 10.0. The van der Waals surface area contributed by atoms with Gasteiger partial charge in [-0.15, -0.1) is 0 Å². The fraction of sp³-hybridized carbons (Fsp3) is 0.636. The predicted octanol–water partition coefficient (Wildman–Crippen LogP) is 1.09. The zero-order valence-corrected chi connectivity index (χ0v) is 10.0. The maximum absolute atomic E-state index is 10.8. The van der Waals surface area contributed by atoms with Gasteiger partial charge in [0.15, 0.2) is 5.60 Å². The number of aliphatic hydroxyl groups is 1. The SMILES string of the molecule is CC(O)(Cc1cn[nH]c1C(C)(C)C)C(=O)O. The highest BCUT2D eigenvalue weighted by atomic mass is 16.4. The lowest BCUT2D eigenvalue weighted by Crippen LogP contribution is -2.37. The number of aliphatic carboxylic acids is 1. The van der Waals surface area contributed by atoms with Crippen molar-refractivity contribution in [2.75, 3.05) is 0 Å². The molecule has 90 valence electrons. The molecule has 3 N–H and O–H groups in total. The zero-order chi connectivity index (χ0) is 12.6. The van der Waals surface area contributed by atoms with Gasteiger partial charge in [-0.1, -0.05) is 20.8 Å². The minimum atomic E-state index is -1.76. The van der Waals surface area contributed by atoms with E-state index in [1.165, 1.54) is 6.92 Å². The standard InChI is InChI=1S/C11H18N2O3/c1-10(2,3)8-7(6-12-13-8)5-11(4,16)9(14)15/h6,16H,5H2,1-4H3,(H,12,13)(H,14,15). The second kappa shape index (κ2) is 3.90. The minimum Gasteiger partial charge on any atom is -0.479 e. The lowest BCUT2D eigenvalue weighted by Gasteiger charge is -2.22. The van der Waals surface area contributed by atoms with Gasteiger partial charge in [0.05, 0.1) is 6.20 Å². The first-order valence-corrected chi connectivity index (χ1v) is 5.13. The number of hydrogen-bond acceptors (Lipinski definition) is 3. The van der Waals surface area contributed by atoms with Gasteiger partial charge >= 0.3 is 5.97 Å². The van der Waals surface area contributed by atoms with Crippen molar-refractivity contribution in [3.63, 3.8) is 0 Å². The highest BCUT2D eigenvalue weighted by Gasteiger charge is 2.33. The Morgan fingerprint density at radius 3 is 2.44 bits per heavy atom. The second-order valence-corrected chi connectivity index (χ2v) is 5.28. The van der Waals surface area contributed by atoms with Crippen LogP contribution in [0.5, 0.6) is 0 Å². The molecule has 1 unspecified atom stereocenters. The molecule has 5 heteroatoms. The van der Waals surface area contributed by atoms with Crippen LogP contribution >= 0.6 is 0 Å². The molecule has 1 heterocycles. The lowest BCUT2D eigenvalue weighted by molar-refractivity contribution is -0.156. The molecular weight excluding hydrogens is 208 g/mol. The highest BCUT2D eigenvalue weighted by molar-refractivity contribution is 5.77. The van der Waals surface area contributed by atoms with Gasteiger partial charge < -0.3 is 10.2 Å². The summed E-state index contributed by atoms with van der Waals surface area (Å²) in [6.07, 6.45) is 1.61. The number of aromatic amines is 1. The van der Waals surface area contributed by atoms with E-state index in [-0.39, 0.29) is 11.8 Å². The summed E-state index contributed by atoms with van der Waals surface area (Å²) >= 11 is 0. The number of carbonyl (C=O) groups is 1. The molecule has 0 fully saturated rings. The van der Waals surface area contributed by atoms with Crippen molar-refractivity contribution in [3.8, 4) is 0 Å². The van der Waals surface area contributed by atoms with Gasteiger partial charge in [0.1, 0.15) is 0 Å². The Hall–Kier alpha value is -1.36. The summed E-state index contributed by atoms with van der Waals surface area (Å²) in [5.74, 6) is -1.23. The highest BCUT2D eigenvalue weighted by Crippen LogP contribution is 2.26. The van der Waals surface area contributed by atoms with Crippen molar-refractivity contribution in [2.24, 2.45) is 0 Å². The number of carboxylic acid groups (broad SMARTS) is 1. The van der Waals surface area contributed by atoms with Gasteiger partial charge in [0.2, 0.25) is 0 Å². The Morgan fingerprint density at radius 2 is 2.00 bits per heavy atom. The molecule has 1 atom stereocenters. The van der Waals surface area contributed by atoms with Crippen molar-refractivity contribution < 1.29 is 15.0 Å². The van der Waals surface area contributed by atoms with Gasteiger partial charge in [-0.25, -0.2) is 4.79 Å². The predicted molar refractivity (Wildman–Crippen MR) is 59.3 cm³/mol. The van der Waals surface area contributed by atoms with Crippen LogP contribution in [-0.4, -0.2) is 32.0 Å². The van der Waals surface area contributed by atoms with Crippen LogP contribution in [0.15, 0.2) is 6.20 Å². The van der Waals surface area contributed by atoms with Crippen molar-refractivity contribution >= 4 is 5.97 Å². The molecule has 0 saturated carbocycles. The van der Waals surface area contributed by atoms with Crippen LogP contribution in [0.25, 0.3) is 0 Å². The number of hydrogen-bond donors (Lipinski definition) is 3. The Kier molecular flexibility index (Phi) is 3.10. The summed E-state index contributed by atoms with van der Waals surface area (Å²) in [6, 6.07) is 0. The largest absolute Gasteiger partial charge is 0.479 e. The second-order valence-electron chi connectivity index (χ2n) is 5.28. The maximum Gasteiger partial charge on any atom is 0.335 e. The molecule has 0 bridgehead atoms. The molecule has 0 amide bonds. The third-order valence-electron chi connectivity index (χ3n) is 2.46. The van der Waals surface area contributed by atoms with Crippen molar-refractivity contribution in [2.45, 2.75) is 45.1 Å². The molecule has 5 nitrogen and oxygen atoms in total. The van der Waals surface area contributed by atoms with E-state index in [9.17, 15) is 9.90 Å². The molecule has 1 aromatic heterocycles. The van der Waals surface area contributed by atoms with Crippen LogP contribution in [0.2, 0.25) is 0 Å². The van der Waals surface area contributed by atoms with E-state index in [0.29, 0.717) is 0 Å². The number of nitrogens with zero attached hydrogens (tertiary/aromatic N) is 1. The average Bonchev–Trinajstić information content (AvgIpc) is 2.49. The van der Waals surface area contributed by atoms with Gasteiger partial charge in [-0.3, -0.25) is 5.10 Å². The first-order chi connectivity index (χ1) is 7.14. The third kappa shape index (κ3) is 2.61. The van der Waals surface area contributed by atoms with Crippen LogP contribution in [0.3, 0.4) is 0 Å². The number of rotatable bonds is 3. The lowest BCUT2D eigenvalue weighted by atomic mass is 9.86. The van der Waals surface area contributed by atoms with Gasteiger partial charge in [0.25, 0.3) is 0 Å². The van der Waals surface area contributed by atoms with Gasteiger partial charge in [-0.2, -0.15) is 5.10 Å². The Balaban J connectivity index is 3.00. The van der Waals surface area contributed by atoms with E-state index in [0.717, 1.165) is 11.3 Å². The fourth-order valence-corrected chi connectivity index (χ4v) is 1.54. The molecule has 0 aliphatic carbocycles. The molecule has 0 saturated heterocycles. The number of nitrogens with one attached hydrogen (secondary N) is 1. The Morgan fingerprint density at radius 1 is 1.44 bits per heavy atom. The van der Waals surface area contributed by atoms with E-state index in [4.69, 9.17) is 5.11 Å². The molecule has 0 aliphatic heterocycles. The van der Waals surface area contributed by atoms with Crippen LogP contribution < -0.4 is 0 Å². The Bertz CT molecular complexity index is 388. The van der Waals surface area contributed by atoms with E-state index < -0.39 is 11.6 Å². The summed E-state index contributed by atoms with van der Waals surface area (Å²) in [7, 11) is 0. The van der Waals surface area contributed by atoms with E-state index in [1.807, 2.05) is 20.8 Å². The monoisotopic (exact) mass is 226 g/mol. The van der Waals surface area contributed by atoms with Gasteiger partial charge in [0, 0.05) is 17.5 Å². The van der Waals surface area contributed by atoms with Crippen molar-refractivity contribution in [1.29, 1.82) is 0 Å². The minimum absolute atomic E-state index is 0.0471. The van der Waals surface area contributed by atoms with Crippen LogP contribution in [0.4, 0.5) is 0 Å². The molecule has 0 radical (unpaired) electrons. The number of aromatic nitrogens is 2. The number of H-pyrrole nitrogens is 1. The van der Waals surface area contributed by atoms with Crippen molar-refractivity contribution in [1.82, 2.24) is 10.2 Å². The molecule has 16 heavy (non-hydrogen) atoms. The van der Waals surface area contributed by atoms with Crippen LogP contribution in [0.1, 0.15) is 39.0 Å². The fourth-order valence-electron chi connectivity index (χ4n) is 1.54. The maximum atomic E-state index is 10.8. The van der Waals surface area contributed by atoms with Crippen LogP contribution in [-0.2, 0) is 16.6 Å². The van der Waals surface area contributed by atoms with Crippen LogP contribution in [0, 0.1) is 0 Å². The quantitative estimate of drug-likeness (QED) is 0.720. The topological polar surface area (TPSA) is 86.2 Å². The molecule has 0 aliphatic rings. The van der Waals surface area contributed by atoms with E-state index >= 15 is 0 Å². The molecule has 0 aromatic carbocycles. The first kappa shape index (κ1) is 12.7. The summed E-state index contributed by atoms with van der Waals surface area (Å²) in [5.41, 5.74) is -0.321. The Labute approximate surface area is 94.5 Å². The molecule has 0 spiro atoms. The molecular formula is C11H18N2O3. The summed E-state index contributed by atoms with van der Waals surface area (Å²) in [6.45, 7) is 7.28. The average molecular weight is 226 g/mol. The third-order valence-corrected chi connectivity index (χ3v) is 2.46.